The molecule has 4 heteroatoms. The number of rotatable bonds is 4. The molecule has 2 unspecified atom stereocenters. The third kappa shape index (κ3) is 3.72. The number of amides is 1. The number of nitrogens with zero attached hydrogens (tertiary/aromatic N) is 3. The van der Waals surface area contributed by atoms with E-state index in [0.717, 1.165) is 38.1 Å². The summed E-state index contributed by atoms with van der Waals surface area (Å²) >= 11 is 0. The molecule has 1 aliphatic rings. The summed E-state index contributed by atoms with van der Waals surface area (Å²) in [6.45, 7) is 7.88. The smallest absolute Gasteiger partial charge is 0.231 e. The predicted octanol–water partition coefficient (Wildman–Crippen LogP) is 2.21. The van der Waals surface area contributed by atoms with Gasteiger partial charge in [0.2, 0.25) is 5.91 Å². The lowest BCUT2D eigenvalue weighted by atomic mass is 9.80. The van der Waals surface area contributed by atoms with Crippen molar-refractivity contribution in [3.8, 4) is 0 Å². The molecule has 1 saturated carbocycles. The molecule has 0 aliphatic heterocycles. The van der Waals surface area contributed by atoms with Gasteiger partial charge >= 0.3 is 0 Å². The van der Waals surface area contributed by atoms with E-state index >= 15 is 0 Å². The zero-order valence-corrected chi connectivity index (χ0v) is 12.4. The van der Waals surface area contributed by atoms with Gasteiger partial charge in [0.05, 0.1) is 11.6 Å². The van der Waals surface area contributed by atoms with Crippen molar-refractivity contribution in [2.75, 3.05) is 27.2 Å². The van der Waals surface area contributed by atoms with Gasteiger partial charge in [0.15, 0.2) is 0 Å². The number of carbonyl (C=O) groups is 1. The van der Waals surface area contributed by atoms with Crippen molar-refractivity contribution >= 4 is 11.6 Å². The van der Waals surface area contributed by atoms with Crippen molar-refractivity contribution in [1.82, 2.24) is 9.91 Å². The van der Waals surface area contributed by atoms with Crippen molar-refractivity contribution in [2.24, 2.45) is 16.9 Å². The highest BCUT2D eigenvalue weighted by Crippen LogP contribution is 2.28. The molecular formula is C14H27N3O. The number of hydrogen-bond acceptors (Lipinski definition) is 3. The molecule has 0 bridgehead atoms. The average molecular weight is 253 g/mol. The first-order chi connectivity index (χ1) is 8.49. The summed E-state index contributed by atoms with van der Waals surface area (Å²) in [5, 5.41) is 6.34. The maximum absolute atomic E-state index is 12.5. The summed E-state index contributed by atoms with van der Waals surface area (Å²) in [5.41, 5.74) is 1.06. The minimum absolute atomic E-state index is 0.00366. The lowest BCUT2D eigenvalue weighted by molar-refractivity contribution is -0.133. The zero-order chi connectivity index (χ0) is 13.7. The van der Waals surface area contributed by atoms with Crippen molar-refractivity contribution in [3.63, 3.8) is 0 Å². The van der Waals surface area contributed by atoms with E-state index in [4.69, 9.17) is 0 Å². The molecule has 0 N–H and O–H groups in total. The van der Waals surface area contributed by atoms with Crippen molar-refractivity contribution in [3.05, 3.63) is 0 Å². The van der Waals surface area contributed by atoms with Crippen molar-refractivity contribution < 1.29 is 4.79 Å². The Bertz CT molecular complexity index is 308. The van der Waals surface area contributed by atoms with E-state index in [0.29, 0.717) is 5.92 Å². The minimum Gasteiger partial charge on any atom is -0.343 e. The van der Waals surface area contributed by atoms with E-state index in [2.05, 4.69) is 12.0 Å². The fraction of sp³-hybridized carbons (Fsp3) is 0.857. The summed E-state index contributed by atoms with van der Waals surface area (Å²) in [4.78, 5) is 14.4. The topological polar surface area (TPSA) is 35.9 Å². The van der Waals surface area contributed by atoms with Crippen LogP contribution < -0.4 is 0 Å². The first-order valence-corrected chi connectivity index (χ1v) is 7.03. The lowest BCUT2D eigenvalue weighted by Gasteiger charge is -2.32. The number of carbonyl (C=O) groups excluding carboxylic acids is 1. The average Bonchev–Trinajstić information content (AvgIpc) is 2.32. The highest BCUT2D eigenvalue weighted by Gasteiger charge is 2.32. The second kappa shape index (κ2) is 6.76. The summed E-state index contributed by atoms with van der Waals surface area (Å²) in [5.74, 6) is 0.874. The molecule has 1 rings (SSSR count). The summed E-state index contributed by atoms with van der Waals surface area (Å²) in [6, 6.07) is 0. The second-order valence-corrected chi connectivity index (χ2v) is 5.38. The fourth-order valence-corrected chi connectivity index (χ4v) is 2.60. The van der Waals surface area contributed by atoms with Crippen LogP contribution in [0.5, 0.6) is 0 Å². The maximum Gasteiger partial charge on any atom is 0.231 e. The molecule has 1 amide bonds. The Morgan fingerprint density at radius 2 is 1.94 bits per heavy atom. The van der Waals surface area contributed by atoms with Crippen LogP contribution in [0, 0.1) is 11.8 Å². The van der Waals surface area contributed by atoms with Gasteiger partial charge in [0, 0.05) is 27.2 Å². The molecule has 1 aliphatic carbocycles. The van der Waals surface area contributed by atoms with Crippen molar-refractivity contribution in [2.45, 2.75) is 40.0 Å². The highest BCUT2D eigenvalue weighted by molar-refractivity contribution is 6.04. The third-order valence-electron chi connectivity index (χ3n) is 3.64. The van der Waals surface area contributed by atoms with Crippen LogP contribution in [0.4, 0.5) is 0 Å². The van der Waals surface area contributed by atoms with E-state index in [1.807, 2.05) is 37.9 Å². The largest absolute Gasteiger partial charge is 0.343 e. The van der Waals surface area contributed by atoms with E-state index in [1.54, 1.807) is 0 Å². The quantitative estimate of drug-likeness (QED) is 0.720. The molecule has 104 valence electrons. The summed E-state index contributed by atoms with van der Waals surface area (Å²) in [7, 11) is 3.84. The fourth-order valence-electron chi connectivity index (χ4n) is 2.60. The molecule has 0 heterocycles. The number of hydrazone groups is 1. The van der Waals surface area contributed by atoms with E-state index in [1.165, 1.54) is 0 Å². The van der Waals surface area contributed by atoms with E-state index in [9.17, 15) is 4.79 Å². The molecule has 0 saturated heterocycles. The third-order valence-corrected chi connectivity index (χ3v) is 3.64. The van der Waals surface area contributed by atoms with Crippen molar-refractivity contribution in [1.29, 1.82) is 0 Å². The normalized spacial score (nSPS) is 26.2. The van der Waals surface area contributed by atoms with Crippen LogP contribution >= 0.6 is 0 Å². The molecule has 18 heavy (non-hydrogen) atoms. The molecule has 0 spiro atoms. The van der Waals surface area contributed by atoms with Crippen LogP contribution in [-0.2, 0) is 4.79 Å². The van der Waals surface area contributed by atoms with E-state index < -0.39 is 0 Å². The van der Waals surface area contributed by atoms with Crippen LogP contribution in [0.1, 0.15) is 40.0 Å². The molecule has 0 radical (unpaired) electrons. The highest BCUT2D eigenvalue weighted by atomic mass is 16.2. The SMILES string of the molecule is CCN(CC)C(=O)C1CC(C)CC/C1=N\N(C)C. The van der Waals surface area contributed by atoms with Gasteiger partial charge in [-0.3, -0.25) is 4.79 Å². The Labute approximate surface area is 111 Å². The first-order valence-electron chi connectivity index (χ1n) is 7.03. The molecule has 1 fully saturated rings. The van der Waals surface area contributed by atoms with Gasteiger partial charge in [-0.1, -0.05) is 6.92 Å². The van der Waals surface area contributed by atoms with E-state index in [-0.39, 0.29) is 11.8 Å². The zero-order valence-electron chi connectivity index (χ0n) is 12.4. The molecule has 2 atom stereocenters. The van der Waals surface area contributed by atoms with Gasteiger partial charge in [-0.05, 0) is 39.0 Å². The molecule has 4 nitrogen and oxygen atoms in total. The number of hydrogen-bond donors (Lipinski definition) is 0. The van der Waals surface area contributed by atoms with Crippen LogP contribution in [0.2, 0.25) is 0 Å². The first kappa shape index (κ1) is 15.0. The summed E-state index contributed by atoms with van der Waals surface area (Å²) in [6.07, 6.45) is 3.05. The Kier molecular flexibility index (Phi) is 5.63. The van der Waals surface area contributed by atoms with Gasteiger partial charge in [-0.25, -0.2) is 0 Å². The van der Waals surface area contributed by atoms with Gasteiger partial charge in [0.1, 0.15) is 0 Å². The Balaban J connectivity index is 2.88. The van der Waals surface area contributed by atoms with Crippen LogP contribution in [0.25, 0.3) is 0 Å². The Morgan fingerprint density at radius 1 is 1.33 bits per heavy atom. The van der Waals surface area contributed by atoms with Crippen LogP contribution in [0.15, 0.2) is 5.10 Å². The minimum atomic E-state index is -0.00366. The van der Waals surface area contributed by atoms with Crippen LogP contribution in [0.3, 0.4) is 0 Å². The Morgan fingerprint density at radius 3 is 2.44 bits per heavy atom. The van der Waals surface area contributed by atoms with Gasteiger partial charge in [-0.15, -0.1) is 0 Å². The van der Waals surface area contributed by atoms with Gasteiger partial charge < -0.3 is 9.91 Å². The standard InChI is InChI=1S/C14H27N3O/c1-6-17(7-2)14(18)12-10-11(3)8-9-13(12)15-16(4)5/h11-12H,6-10H2,1-5H3/b15-13+. The monoisotopic (exact) mass is 253 g/mol. The lowest BCUT2D eigenvalue weighted by Crippen LogP contribution is -2.42. The molecule has 0 aromatic rings. The van der Waals surface area contributed by atoms with Crippen LogP contribution in [-0.4, -0.2) is 48.7 Å². The second-order valence-electron chi connectivity index (χ2n) is 5.38. The van der Waals surface area contributed by atoms with Gasteiger partial charge in [0.25, 0.3) is 0 Å². The molecule has 0 aromatic carbocycles. The molecule has 0 aromatic heterocycles. The summed E-state index contributed by atoms with van der Waals surface area (Å²) < 4.78 is 0. The Hall–Kier alpha value is -1.06. The van der Waals surface area contributed by atoms with Gasteiger partial charge in [-0.2, -0.15) is 5.10 Å². The predicted molar refractivity (Wildman–Crippen MR) is 75.6 cm³/mol. The maximum atomic E-state index is 12.5. The molecular weight excluding hydrogens is 226 g/mol.